The number of rotatable bonds is 2. The summed E-state index contributed by atoms with van der Waals surface area (Å²) in [6.07, 6.45) is 8.65. The minimum absolute atomic E-state index is 0.724. The molecule has 0 aliphatic heterocycles. The molecule has 0 spiro atoms. The standard InChI is InChI=1S/C12H12N2/c1-2-9-5-6-14-8-11(10-3-4-10)13-12(14)7-9/h2,5-8,10H,1,3-4H2. The molecule has 0 unspecified atom stereocenters. The lowest BCUT2D eigenvalue weighted by atomic mass is 10.3. The summed E-state index contributed by atoms with van der Waals surface area (Å²) in [5.74, 6) is 0.724. The van der Waals surface area contributed by atoms with Gasteiger partial charge in [-0.3, -0.25) is 0 Å². The normalized spacial score (nSPS) is 16.0. The fraction of sp³-hybridized carbons (Fsp3) is 0.250. The van der Waals surface area contributed by atoms with E-state index >= 15 is 0 Å². The SMILES string of the molecule is C=Cc1ccn2cc(C3CC3)nc2c1. The molecular formula is C12H12N2. The van der Waals surface area contributed by atoms with Gasteiger partial charge in [-0.15, -0.1) is 0 Å². The van der Waals surface area contributed by atoms with Crippen molar-refractivity contribution >= 4 is 11.7 Å². The maximum absolute atomic E-state index is 4.60. The number of imidazole rings is 1. The van der Waals surface area contributed by atoms with Crippen molar-refractivity contribution in [3.8, 4) is 0 Å². The van der Waals surface area contributed by atoms with Crippen LogP contribution < -0.4 is 0 Å². The van der Waals surface area contributed by atoms with E-state index in [-0.39, 0.29) is 0 Å². The van der Waals surface area contributed by atoms with E-state index < -0.39 is 0 Å². The van der Waals surface area contributed by atoms with Crippen molar-refractivity contribution in [2.75, 3.05) is 0 Å². The quantitative estimate of drug-likeness (QED) is 0.701. The van der Waals surface area contributed by atoms with Crippen LogP contribution in [0.1, 0.15) is 30.0 Å². The summed E-state index contributed by atoms with van der Waals surface area (Å²) in [7, 11) is 0. The third kappa shape index (κ3) is 1.15. The zero-order chi connectivity index (χ0) is 9.54. The minimum atomic E-state index is 0.724. The van der Waals surface area contributed by atoms with Crippen LogP contribution in [0.4, 0.5) is 0 Å². The van der Waals surface area contributed by atoms with Crippen molar-refractivity contribution < 1.29 is 0 Å². The Morgan fingerprint density at radius 3 is 3.07 bits per heavy atom. The Hall–Kier alpha value is -1.57. The molecule has 2 aromatic heterocycles. The molecule has 1 saturated carbocycles. The summed E-state index contributed by atoms with van der Waals surface area (Å²) in [5, 5.41) is 0. The van der Waals surface area contributed by atoms with Crippen LogP contribution >= 0.6 is 0 Å². The highest BCUT2D eigenvalue weighted by Gasteiger charge is 2.25. The van der Waals surface area contributed by atoms with Crippen LogP contribution in [-0.2, 0) is 0 Å². The first-order chi connectivity index (χ1) is 6.86. The van der Waals surface area contributed by atoms with Crippen LogP contribution in [-0.4, -0.2) is 9.38 Å². The number of nitrogens with zero attached hydrogens (tertiary/aromatic N) is 2. The molecule has 2 heteroatoms. The van der Waals surface area contributed by atoms with Gasteiger partial charge in [0, 0.05) is 18.3 Å². The Labute approximate surface area is 82.9 Å². The molecule has 1 fully saturated rings. The summed E-state index contributed by atoms with van der Waals surface area (Å²) >= 11 is 0. The number of hydrogen-bond acceptors (Lipinski definition) is 1. The maximum Gasteiger partial charge on any atom is 0.137 e. The highest BCUT2D eigenvalue weighted by atomic mass is 15.0. The molecule has 3 rings (SSSR count). The van der Waals surface area contributed by atoms with Gasteiger partial charge in [0.2, 0.25) is 0 Å². The van der Waals surface area contributed by atoms with Crippen molar-refractivity contribution in [3.63, 3.8) is 0 Å². The van der Waals surface area contributed by atoms with E-state index in [0.29, 0.717) is 0 Å². The fourth-order valence-electron chi connectivity index (χ4n) is 1.72. The molecule has 70 valence electrons. The van der Waals surface area contributed by atoms with E-state index in [2.05, 4.69) is 34.3 Å². The molecule has 0 radical (unpaired) electrons. The van der Waals surface area contributed by atoms with E-state index in [0.717, 1.165) is 17.1 Å². The lowest BCUT2D eigenvalue weighted by Gasteiger charge is -1.93. The van der Waals surface area contributed by atoms with Crippen LogP contribution in [0.15, 0.2) is 31.1 Å². The molecule has 2 aromatic rings. The van der Waals surface area contributed by atoms with Crippen molar-refractivity contribution in [1.82, 2.24) is 9.38 Å². The molecule has 14 heavy (non-hydrogen) atoms. The van der Waals surface area contributed by atoms with Gasteiger partial charge in [-0.2, -0.15) is 0 Å². The topological polar surface area (TPSA) is 17.3 Å². The van der Waals surface area contributed by atoms with Gasteiger partial charge < -0.3 is 4.40 Å². The summed E-state index contributed by atoms with van der Waals surface area (Å²) < 4.78 is 2.08. The number of hydrogen-bond donors (Lipinski definition) is 0. The summed E-state index contributed by atoms with van der Waals surface area (Å²) in [4.78, 5) is 4.60. The second-order valence-corrected chi connectivity index (χ2v) is 3.87. The molecular weight excluding hydrogens is 172 g/mol. The predicted molar refractivity (Wildman–Crippen MR) is 57.3 cm³/mol. The highest BCUT2D eigenvalue weighted by Crippen LogP contribution is 2.39. The Bertz CT molecular complexity index is 492. The van der Waals surface area contributed by atoms with Crippen molar-refractivity contribution in [1.29, 1.82) is 0 Å². The number of aromatic nitrogens is 2. The van der Waals surface area contributed by atoms with E-state index in [1.807, 2.05) is 12.3 Å². The lowest BCUT2D eigenvalue weighted by molar-refractivity contribution is 1.06. The third-order valence-electron chi connectivity index (χ3n) is 2.73. The molecule has 1 aliphatic rings. The van der Waals surface area contributed by atoms with Crippen molar-refractivity contribution in [2.24, 2.45) is 0 Å². The van der Waals surface area contributed by atoms with Gasteiger partial charge in [-0.05, 0) is 30.5 Å². The molecule has 0 N–H and O–H groups in total. The first-order valence-electron chi connectivity index (χ1n) is 4.98. The average Bonchev–Trinajstić information content (AvgIpc) is 2.97. The van der Waals surface area contributed by atoms with Gasteiger partial charge in [0.25, 0.3) is 0 Å². The van der Waals surface area contributed by atoms with Crippen molar-refractivity contribution in [3.05, 3.63) is 42.4 Å². The van der Waals surface area contributed by atoms with E-state index in [1.54, 1.807) is 0 Å². The third-order valence-corrected chi connectivity index (χ3v) is 2.73. The summed E-state index contributed by atoms with van der Waals surface area (Å²) in [6.45, 7) is 3.75. The second kappa shape index (κ2) is 2.71. The van der Waals surface area contributed by atoms with Crippen LogP contribution in [0.2, 0.25) is 0 Å². The monoisotopic (exact) mass is 184 g/mol. The first kappa shape index (κ1) is 7.80. The van der Waals surface area contributed by atoms with Gasteiger partial charge >= 0.3 is 0 Å². The van der Waals surface area contributed by atoms with Gasteiger partial charge in [0.1, 0.15) is 5.65 Å². The molecule has 0 bridgehead atoms. The van der Waals surface area contributed by atoms with Crippen LogP contribution in [0.5, 0.6) is 0 Å². The Morgan fingerprint density at radius 1 is 1.50 bits per heavy atom. The predicted octanol–water partition coefficient (Wildman–Crippen LogP) is 2.85. The maximum atomic E-state index is 4.60. The lowest BCUT2D eigenvalue weighted by Crippen LogP contribution is -1.82. The summed E-state index contributed by atoms with van der Waals surface area (Å²) in [6, 6.07) is 4.12. The molecule has 2 nitrogen and oxygen atoms in total. The molecule has 0 aromatic carbocycles. The van der Waals surface area contributed by atoms with Crippen LogP contribution in [0, 0.1) is 0 Å². The van der Waals surface area contributed by atoms with Gasteiger partial charge in [0.15, 0.2) is 0 Å². The molecule has 0 atom stereocenters. The average molecular weight is 184 g/mol. The highest BCUT2D eigenvalue weighted by molar-refractivity contribution is 5.54. The van der Waals surface area contributed by atoms with Crippen LogP contribution in [0.3, 0.4) is 0 Å². The van der Waals surface area contributed by atoms with Crippen molar-refractivity contribution in [2.45, 2.75) is 18.8 Å². The summed E-state index contributed by atoms with van der Waals surface area (Å²) in [5.41, 5.74) is 3.40. The zero-order valence-electron chi connectivity index (χ0n) is 7.98. The first-order valence-corrected chi connectivity index (χ1v) is 4.98. The Balaban J connectivity index is 2.17. The molecule has 0 amide bonds. The molecule has 2 heterocycles. The Kier molecular flexibility index (Phi) is 1.51. The molecule has 1 aliphatic carbocycles. The molecule has 0 saturated heterocycles. The van der Waals surface area contributed by atoms with E-state index in [4.69, 9.17) is 0 Å². The zero-order valence-corrected chi connectivity index (χ0v) is 7.98. The smallest absolute Gasteiger partial charge is 0.137 e. The second-order valence-electron chi connectivity index (χ2n) is 3.87. The fourth-order valence-corrected chi connectivity index (χ4v) is 1.72. The number of pyridine rings is 1. The van der Waals surface area contributed by atoms with Gasteiger partial charge in [-0.25, -0.2) is 4.98 Å². The van der Waals surface area contributed by atoms with Crippen LogP contribution in [0.25, 0.3) is 11.7 Å². The Morgan fingerprint density at radius 2 is 2.36 bits per heavy atom. The van der Waals surface area contributed by atoms with E-state index in [9.17, 15) is 0 Å². The van der Waals surface area contributed by atoms with Gasteiger partial charge in [-0.1, -0.05) is 12.7 Å². The van der Waals surface area contributed by atoms with E-state index in [1.165, 1.54) is 18.5 Å². The van der Waals surface area contributed by atoms with Gasteiger partial charge in [0.05, 0.1) is 5.69 Å². The largest absolute Gasteiger partial charge is 0.307 e. The number of fused-ring (bicyclic) bond motifs is 1. The minimum Gasteiger partial charge on any atom is -0.307 e.